The maximum Gasteiger partial charge on any atom is 0.416 e. The number of likely N-dealkylation sites (tertiary alicyclic amines) is 1. The molecule has 1 aliphatic rings. The summed E-state index contributed by atoms with van der Waals surface area (Å²) in [6.45, 7) is 0.849. The number of hydrogen-bond acceptors (Lipinski definition) is 3. The van der Waals surface area contributed by atoms with Crippen molar-refractivity contribution in [3.63, 3.8) is 0 Å². The Morgan fingerprint density at radius 2 is 1.86 bits per heavy atom. The van der Waals surface area contributed by atoms with Gasteiger partial charge in [0.15, 0.2) is 5.65 Å². The average Bonchev–Trinajstić information content (AvgIpc) is 3.32. The molecule has 0 radical (unpaired) electrons. The van der Waals surface area contributed by atoms with Gasteiger partial charge in [0, 0.05) is 54.8 Å². The van der Waals surface area contributed by atoms with Crippen molar-refractivity contribution in [1.82, 2.24) is 24.6 Å². The Hall–Kier alpha value is -3.47. The molecule has 4 aromatic rings. The lowest BCUT2D eigenvalue weighted by atomic mass is 10.1. The number of amides is 1. The normalized spacial score (nSPS) is 16.6. The molecule has 11 heteroatoms. The molecule has 6 nitrogen and oxygen atoms in total. The molecule has 1 aliphatic heterocycles. The maximum atomic E-state index is 13.6. The van der Waals surface area contributed by atoms with E-state index in [-0.39, 0.29) is 25.4 Å². The maximum absolute atomic E-state index is 13.6. The summed E-state index contributed by atoms with van der Waals surface area (Å²) in [5.74, 6) is -3.03. The van der Waals surface area contributed by atoms with E-state index in [1.165, 1.54) is 12.1 Å². The van der Waals surface area contributed by atoms with Gasteiger partial charge in [-0.3, -0.25) is 18.9 Å². The summed E-state index contributed by atoms with van der Waals surface area (Å²) in [5, 5.41) is 8.74. The van der Waals surface area contributed by atoms with E-state index in [2.05, 4.69) is 10.4 Å². The second-order valence-corrected chi connectivity index (χ2v) is 9.14. The Labute approximate surface area is 203 Å². The number of benzene rings is 2. The van der Waals surface area contributed by atoms with Crippen LogP contribution in [0.4, 0.5) is 22.0 Å². The first-order chi connectivity index (χ1) is 17.0. The predicted molar refractivity (Wildman–Crippen MR) is 126 cm³/mol. The molecule has 3 heterocycles. The average molecular weight is 505 g/mol. The van der Waals surface area contributed by atoms with E-state index < -0.39 is 17.7 Å². The molecular formula is C25H24F5N5O. The molecule has 36 heavy (non-hydrogen) atoms. The van der Waals surface area contributed by atoms with Crippen LogP contribution in [0.1, 0.15) is 28.8 Å². The SMILES string of the molecule is Cn1cc2c3cc(C(=O)NCCN4CCCC(F)(F)C4)ccc3n(-c3ccc(C(F)(F)F)cc3)c2n1. The van der Waals surface area contributed by atoms with E-state index in [1.54, 1.807) is 45.6 Å². The smallest absolute Gasteiger partial charge is 0.351 e. The fourth-order valence-electron chi connectivity index (χ4n) is 4.76. The van der Waals surface area contributed by atoms with Crippen LogP contribution < -0.4 is 5.32 Å². The van der Waals surface area contributed by atoms with Gasteiger partial charge < -0.3 is 5.32 Å². The van der Waals surface area contributed by atoms with Gasteiger partial charge in [0.05, 0.1) is 17.6 Å². The van der Waals surface area contributed by atoms with Crippen molar-refractivity contribution in [2.24, 2.45) is 7.05 Å². The zero-order chi connectivity index (χ0) is 25.7. The number of piperidine rings is 1. The van der Waals surface area contributed by atoms with Crippen LogP contribution in [-0.4, -0.2) is 57.3 Å². The molecule has 0 spiro atoms. The predicted octanol–water partition coefficient (Wildman–Crippen LogP) is 5.00. The van der Waals surface area contributed by atoms with Crippen molar-refractivity contribution in [2.45, 2.75) is 24.9 Å². The summed E-state index contributed by atoms with van der Waals surface area (Å²) >= 11 is 0. The van der Waals surface area contributed by atoms with Gasteiger partial charge in [0.2, 0.25) is 0 Å². The number of nitrogens with one attached hydrogen (secondary N) is 1. The summed E-state index contributed by atoms with van der Waals surface area (Å²) in [4.78, 5) is 14.4. The standard InChI is InChI=1S/C25H24F5N5O/c1-33-14-20-19-13-16(23(36)31-10-12-34-11-2-9-24(26,27)15-34)3-8-21(19)35(22(20)32-33)18-6-4-17(5-7-18)25(28,29)30/h3-8,13-14H,2,9-12,15H2,1H3,(H,31,36). The third kappa shape index (κ3) is 4.67. The lowest BCUT2D eigenvalue weighted by Crippen LogP contribution is -2.45. The summed E-state index contributed by atoms with van der Waals surface area (Å²) in [6, 6.07) is 9.90. The molecule has 0 saturated carbocycles. The second kappa shape index (κ2) is 8.88. The van der Waals surface area contributed by atoms with E-state index in [1.807, 2.05) is 0 Å². The van der Waals surface area contributed by atoms with Crippen molar-refractivity contribution in [3.05, 3.63) is 59.8 Å². The molecule has 0 atom stereocenters. The highest BCUT2D eigenvalue weighted by atomic mass is 19.4. The number of carbonyl (C=O) groups is 1. The Bertz CT molecular complexity index is 1420. The fourth-order valence-corrected chi connectivity index (χ4v) is 4.76. The van der Waals surface area contributed by atoms with Gasteiger partial charge in [0.25, 0.3) is 11.8 Å². The lowest BCUT2D eigenvalue weighted by molar-refractivity contribution is -0.137. The Morgan fingerprint density at radius 1 is 1.11 bits per heavy atom. The molecule has 2 aromatic carbocycles. The number of carbonyl (C=O) groups excluding carboxylic acids is 1. The summed E-state index contributed by atoms with van der Waals surface area (Å²) in [6.07, 6.45) is -2.33. The molecule has 2 aromatic heterocycles. The summed E-state index contributed by atoms with van der Waals surface area (Å²) < 4.78 is 69.6. The lowest BCUT2D eigenvalue weighted by Gasteiger charge is -2.32. The second-order valence-electron chi connectivity index (χ2n) is 9.14. The number of fused-ring (bicyclic) bond motifs is 3. The Balaban J connectivity index is 1.40. The number of hydrogen-bond donors (Lipinski definition) is 1. The highest BCUT2D eigenvalue weighted by Gasteiger charge is 2.34. The molecule has 0 unspecified atom stereocenters. The molecule has 1 N–H and O–H groups in total. The summed E-state index contributed by atoms with van der Waals surface area (Å²) in [5.41, 5.74) is 1.40. The zero-order valence-corrected chi connectivity index (χ0v) is 19.4. The molecule has 0 bridgehead atoms. The number of rotatable bonds is 5. The van der Waals surface area contributed by atoms with E-state index in [0.29, 0.717) is 41.9 Å². The van der Waals surface area contributed by atoms with E-state index in [9.17, 15) is 26.7 Å². The van der Waals surface area contributed by atoms with Gasteiger partial charge in [-0.1, -0.05) is 0 Å². The van der Waals surface area contributed by atoms with Crippen molar-refractivity contribution in [2.75, 3.05) is 26.2 Å². The van der Waals surface area contributed by atoms with Crippen LogP contribution >= 0.6 is 0 Å². The van der Waals surface area contributed by atoms with Gasteiger partial charge in [-0.2, -0.15) is 18.3 Å². The molecule has 1 saturated heterocycles. The van der Waals surface area contributed by atoms with Crippen molar-refractivity contribution >= 4 is 27.8 Å². The minimum atomic E-state index is -4.44. The molecule has 1 fully saturated rings. The largest absolute Gasteiger partial charge is 0.416 e. The highest BCUT2D eigenvalue weighted by molar-refractivity contribution is 6.10. The third-order valence-electron chi connectivity index (χ3n) is 6.45. The van der Waals surface area contributed by atoms with Crippen LogP contribution in [0.5, 0.6) is 0 Å². The number of aryl methyl sites for hydroxylation is 1. The van der Waals surface area contributed by atoms with Gasteiger partial charge in [-0.25, -0.2) is 8.78 Å². The molecule has 5 rings (SSSR count). The third-order valence-corrected chi connectivity index (χ3v) is 6.45. The summed E-state index contributed by atoms with van der Waals surface area (Å²) in [7, 11) is 1.74. The van der Waals surface area contributed by atoms with Crippen LogP contribution in [0.3, 0.4) is 0 Å². The van der Waals surface area contributed by atoms with Gasteiger partial charge in [-0.05, 0) is 55.4 Å². The molecule has 1 amide bonds. The first-order valence-corrected chi connectivity index (χ1v) is 11.6. The number of nitrogens with zero attached hydrogens (tertiary/aromatic N) is 4. The van der Waals surface area contributed by atoms with Crippen LogP contribution in [0.25, 0.3) is 27.6 Å². The van der Waals surface area contributed by atoms with Crippen molar-refractivity contribution < 1.29 is 26.7 Å². The molecule has 190 valence electrons. The Morgan fingerprint density at radius 3 is 2.56 bits per heavy atom. The minimum Gasteiger partial charge on any atom is -0.351 e. The van der Waals surface area contributed by atoms with Crippen LogP contribution in [0.15, 0.2) is 48.7 Å². The monoisotopic (exact) mass is 505 g/mol. The van der Waals surface area contributed by atoms with Gasteiger partial charge >= 0.3 is 6.18 Å². The molecule has 0 aliphatic carbocycles. The van der Waals surface area contributed by atoms with Crippen LogP contribution in [-0.2, 0) is 13.2 Å². The van der Waals surface area contributed by atoms with E-state index in [4.69, 9.17) is 0 Å². The highest BCUT2D eigenvalue weighted by Crippen LogP contribution is 2.34. The number of aromatic nitrogens is 3. The van der Waals surface area contributed by atoms with Gasteiger partial charge in [0.1, 0.15) is 0 Å². The number of alkyl halides is 5. The fraction of sp³-hybridized carbons (Fsp3) is 0.360. The van der Waals surface area contributed by atoms with E-state index >= 15 is 0 Å². The first kappa shape index (κ1) is 24.2. The van der Waals surface area contributed by atoms with E-state index in [0.717, 1.165) is 22.9 Å². The number of halogens is 5. The zero-order valence-electron chi connectivity index (χ0n) is 19.4. The van der Waals surface area contributed by atoms with Gasteiger partial charge in [-0.15, -0.1) is 0 Å². The van der Waals surface area contributed by atoms with Crippen LogP contribution in [0.2, 0.25) is 0 Å². The first-order valence-electron chi connectivity index (χ1n) is 11.6. The van der Waals surface area contributed by atoms with Crippen molar-refractivity contribution in [1.29, 1.82) is 0 Å². The Kier molecular flexibility index (Phi) is 5.98. The van der Waals surface area contributed by atoms with Crippen LogP contribution in [0, 0.1) is 0 Å². The molecular weight excluding hydrogens is 481 g/mol. The van der Waals surface area contributed by atoms with Crippen molar-refractivity contribution in [3.8, 4) is 5.69 Å². The quantitative estimate of drug-likeness (QED) is 0.389. The topological polar surface area (TPSA) is 55.1 Å². The minimum absolute atomic E-state index is 0.106.